The second-order valence-corrected chi connectivity index (χ2v) is 5.28. The summed E-state index contributed by atoms with van der Waals surface area (Å²) in [6, 6.07) is 8.25. The molecular formula is C15H22ClN3O. The molecule has 4 nitrogen and oxygen atoms in total. The minimum absolute atomic E-state index is 0.600. The third-order valence-corrected chi connectivity index (χ3v) is 3.62. The average Bonchev–Trinajstić information content (AvgIpc) is 2.81. The van der Waals surface area contributed by atoms with Gasteiger partial charge in [0.05, 0.1) is 17.6 Å². The molecule has 0 saturated heterocycles. The van der Waals surface area contributed by atoms with Gasteiger partial charge in [0.1, 0.15) is 5.82 Å². The number of para-hydroxylation sites is 2. The van der Waals surface area contributed by atoms with Crippen LogP contribution in [0.15, 0.2) is 24.3 Å². The van der Waals surface area contributed by atoms with Crippen LogP contribution >= 0.6 is 11.6 Å². The Labute approximate surface area is 125 Å². The van der Waals surface area contributed by atoms with Gasteiger partial charge in [0.2, 0.25) is 0 Å². The van der Waals surface area contributed by atoms with E-state index in [4.69, 9.17) is 16.3 Å². The maximum Gasteiger partial charge on any atom is 0.111 e. The summed E-state index contributed by atoms with van der Waals surface area (Å²) >= 11 is 5.89. The standard InChI is InChI=1S/C15H22ClN3O/c1-18(11-12-20-2)9-10-19-14-6-4-3-5-13(14)17-15(19)7-8-16/h3-6H,7-12H2,1-2H3. The second kappa shape index (κ2) is 7.62. The van der Waals surface area contributed by atoms with E-state index in [2.05, 4.69) is 39.7 Å². The van der Waals surface area contributed by atoms with E-state index in [0.717, 1.165) is 44.0 Å². The molecule has 1 aromatic carbocycles. The van der Waals surface area contributed by atoms with Crippen LogP contribution in [-0.2, 0) is 17.7 Å². The fraction of sp³-hybridized carbons (Fsp3) is 0.533. The summed E-state index contributed by atoms with van der Waals surface area (Å²) in [7, 11) is 3.84. The van der Waals surface area contributed by atoms with Gasteiger partial charge in [-0.15, -0.1) is 11.6 Å². The topological polar surface area (TPSA) is 30.3 Å². The lowest BCUT2D eigenvalue weighted by Crippen LogP contribution is -2.27. The maximum atomic E-state index is 5.89. The molecule has 0 aliphatic heterocycles. The van der Waals surface area contributed by atoms with Gasteiger partial charge in [0, 0.05) is 39.0 Å². The summed E-state index contributed by atoms with van der Waals surface area (Å²) in [5.41, 5.74) is 2.24. The Kier molecular flexibility index (Phi) is 5.83. The quantitative estimate of drug-likeness (QED) is 0.701. The minimum atomic E-state index is 0.600. The first-order valence-electron chi connectivity index (χ1n) is 6.94. The lowest BCUT2D eigenvalue weighted by atomic mass is 10.3. The van der Waals surface area contributed by atoms with E-state index in [1.54, 1.807) is 7.11 Å². The van der Waals surface area contributed by atoms with Gasteiger partial charge in [-0.3, -0.25) is 0 Å². The Morgan fingerprint density at radius 2 is 2.10 bits per heavy atom. The Morgan fingerprint density at radius 1 is 1.30 bits per heavy atom. The number of methoxy groups -OCH3 is 1. The van der Waals surface area contributed by atoms with Gasteiger partial charge in [0.25, 0.3) is 0 Å². The van der Waals surface area contributed by atoms with Crippen molar-refractivity contribution in [3.05, 3.63) is 30.1 Å². The minimum Gasteiger partial charge on any atom is -0.383 e. The van der Waals surface area contributed by atoms with Crippen molar-refractivity contribution in [2.75, 3.05) is 39.7 Å². The number of hydrogen-bond donors (Lipinski definition) is 0. The van der Waals surface area contributed by atoms with Crippen LogP contribution < -0.4 is 0 Å². The first-order valence-corrected chi connectivity index (χ1v) is 7.47. The molecule has 2 rings (SSSR count). The smallest absolute Gasteiger partial charge is 0.111 e. The third-order valence-electron chi connectivity index (χ3n) is 3.43. The Balaban J connectivity index is 2.12. The van der Waals surface area contributed by atoms with E-state index < -0.39 is 0 Å². The summed E-state index contributed by atoms with van der Waals surface area (Å²) in [5, 5.41) is 0. The van der Waals surface area contributed by atoms with E-state index >= 15 is 0 Å². The van der Waals surface area contributed by atoms with Crippen LogP contribution in [0.1, 0.15) is 5.82 Å². The molecule has 0 saturated carbocycles. The summed E-state index contributed by atoms with van der Waals surface area (Å²) in [5.74, 6) is 1.67. The van der Waals surface area contributed by atoms with E-state index in [1.807, 2.05) is 6.07 Å². The van der Waals surface area contributed by atoms with Crippen molar-refractivity contribution in [2.24, 2.45) is 0 Å². The van der Waals surface area contributed by atoms with Crippen LogP contribution in [0.3, 0.4) is 0 Å². The van der Waals surface area contributed by atoms with Gasteiger partial charge < -0.3 is 14.2 Å². The van der Waals surface area contributed by atoms with Crippen LogP contribution in [-0.4, -0.2) is 54.2 Å². The number of ether oxygens (including phenoxy) is 1. The van der Waals surface area contributed by atoms with Crippen molar-refractivity contribution in [1.29, 1.82) is 0 Å². The number of fused-ring (bicyclic) bond motifs is 1. The van der Waals surface area contributed by atoms with Gasteiger partial charge >= 0.3 is 0 Å². The number of aryl methyl sites for hydroxylation is 1. The summed E-state index contributed by atoms with van der Waals surface area (Å²) in [6.07, 6.45) is 0.804. The molecule has 1 heterocycles. The number of hydrogen-bond acceptors (Lipinski definition) is 3. The number of imidazole rings is 1. The highest BCUT2D eigenvalue weighted by atomic mass is 35.5. The number of rotatable bonds is 8. The normalized spacial score (nSPS) is 11.6. The highest BCUT2D eigenvalue weighted by molar-refractivity contribution is 6.17. The molecule has 0 aliphatic rings. The zero-order chi connectivity index (χ0) is 14.4. The number of likely N-dealkylation sites (N-methyl/N-ethyl adjacent to an activating group) is 1. The molecule has 0 N–H and O–H groups in total. The van der Waals surface area contributed by atoms with Crippen LogP contribution in [0.2, 0.25) is 0 Å². The van der Waals surface area contributed by atoms with Crippen molar-refractivity contribution in [3.63, 3.8) is 0 Å². The number of nitrogens with zero attached hydrogens (tertiary/aromatic N) is 3. The molecule has 2 aromatic rings. The van der Waals surface area contributed by atoms with Gasteiger partial charge in [-0.2, -0.15) is 0 Å². The number of aromatic nitrogens is 2. The van der Waals surface area contributed by atoms with E-state index in [9.17, 15) is 0 Å². The molecule has 0 radical (unpaired) electrons. The van der Waals surface area contributed by atoms with Crippen molar-refractivity contribution >= 4 is 22.6 Å². The molecule has 0 spiro atoms. The maximum absolute atomic E-state index is 5.89. The molecular weight excluding hydrogens is 274 g/mol. The first kappa shape index (κ1) is 15.3. The highest BCUT2D eigenvalue weighted by Gasteiger charge is 2.10. The summed E-state index contributed by atoms with van der Waals surface area (Å²) < 4.78 is 7.38. The molecule has 1 aromatic heterocycles. The SMILES string of the molecule is COCCN(C)CCn1c(CCCl)nc2ccccc21. The molecule has 5 heteroatoms. The van der Waals surface area contributed by atoms with Gasteiger partial charge in [-0.05, 0) is 19.2 Å². The fourth-order valence-electron chi connectivity index (χ4n) is 2.28. The van der Waals surface area contributed by atoms with E-state index in [0.29, 0.717) is 5.88 Å². The van der Waals surface area contributed by atoms with Gasteiger partial charge in [-0.1, -0.05) is 12.1 Å². The predicted octanol–water partition coefficient (Wildman–Crippen LogP) is 2.40. The molecule has 0 amide bonds. The largest absolute Gasteiger partial charge is 0.383 e. The number of alkyl halides is 1. The van der Waals surface area contributed by atoms with E-state index in [1.165, 1.54) is 5.52 Å². The van der Waals surface area contributed by atoms with Crippen molar-refractivity contribution < 1.29 is 4.74 Å². The Morgan fingerprint density at radius 3 is 2.85 bits per heavy atom. The molecule has 0 bridgehead atoms. The lowest BCUT2D eigenvalue weighted by molar-refractivity contribution is 0.159. The summed E-state index contributed by atoms with van der Waals surface area (Å²) in [6.45, 7) is 3.59. The summed E-state index contributed by atoms with van der Waals surface area (Å²) in [4.78, 5) is 6.94. The number of halogens is 1. The van der Waals surface area contributed by atoms with Crippen LogP contribution in [0, 0.1) is 0 Å². The Hall–Kier alpha value is -1.10. The van der Waals surface area contributed by atoms with Crippen molar-refractivity contribution in [2.45, 2.75) is 13.0 Å². The predicted molar refractivity (Wildman–Crippen MR) is 83.5 cm³/mol. The Bertz CT molecular complexity index is 541. The zero-order valence-corrected chi connectivity index (χ0v) is 12.9. The average molecular weight is 296 g/mol. The van der Waals surface area contributed by atoms with Crippen LogP contribution in [0.5, 0.6) is 0 Å². The van der Waals surface area contributed by atoms with Gasteiger partial charge in [-0.25, -0.2) is 4.98 Å². The first-order chi connectivity index (χ1) is 9.76. The van der Waals surface area contributed by atoms with E-state index in [-0.39, 0.29) is 0 Å². The second-order valence-electron chi connectivity index (χ2n) is 4.90. The lowest BCUT2D eigenvalue weighted by Gasteiger charge is -2.17. The van der Waals surface area contributed by atoms with Crippen LogP contribution in [0.4, 0.5) is 0 Å². The monoisotopic (exact) mass is 295 g/mol. The molecule has 0 unspecified atom stereocenters. The third kappa shape index (κ3) is 3.72. The fourth-order valence-corrected chi connectivity index (χ4v) is 2.45. The highest BCUT2D eigenvalue weighted by Crippen LogP contribution is 2.16. The zero-order valence-electron chi connectivity index (χ0n) is 12.2. The molecule has 110 valence electrons. The number of benzene rings is 1. The van der Waals surface area contributed by atoms with Crippen molar-refractivity contribution in [3.8, 4) is 0 Å². The molecule has 20 heavy (non-hydrogen) atoms. The molecule has 0 aliphatic carbocycles. The molecule has 0 fully saturated rings. The van der Waals surface area contributed by atoms with Gasteiger partial charge in [0.15, 0.2) is 0 Å². The molecule has 0 atom stereocenters. The van der Waals surface area contributed by atoms with Crippen LogP contribution in [0.25, 0.3) is 11.0 Å². The van der Waals surface area contributed by atoms with Crippen molar-refractivity contribution in [1.82, 2.24) is 14.5 Å².